The second kappa shape index (κ2) is 6.54. The molecule has 1 fully saturated rings. The summed E-state index contributed by atoms with van der Waals surface area (Å²) in [6, 6.07) is 0.649. The molecule has 0 spiro atoms. The zero-order chi connectivity index (χ0) is 14.8. The fourth-order valence-corrected chi connectivity index (χ4v) is 3.76. The van der Waals surface area contributed by atoms with Gasteiger partial charge in [0.05, 0.1) is 5.01 Å². The van der Waals surface area contributed by atoms with Crippen LogP contribution >= 0.6 is 11.3 Å². The third-order valence-electron chi connectivity index (χ3n) is 4.59. The molecule has 1 aliphatic heterocycles. The Bertz CT molecular complexity index is 429. The molecule has 2 heterocycles. The summed E-state index contributed by atoms with van der Waals surface area (Å²) in [5.41, 5.74) is 1.42. The Morgan fingerprint density at radius 2 is 2.30 bits per heavy atom. The highest BCUT2D eigenvalue weighted by atomic mass is 32.1. The van der Waals surface area contributed by atoms with Crippen LogP contribution in [0.4, 0.5) is 0 Å². The summed E-state index contributed by atoms with van der Waals surface area (Å²) in [6.45, 7) is 14.8. The molecule has 0 bridgehead atoms. The first-order valence-electron chi connectivity index (χ1n) is 7.83. The molecular formula is C16H29N3S. The zero-order valence-corrected chi connectivity index (χ0v) is 14.4. The highest BCUT2D eigenvalue weighted by Gasteiger charge is 2.35. The zero-order valence-electron chi connectivity index (χ0n) is 13.6. The number of piperazine rings is 1. The van der Waals surface area contributed by atoms with Gasteiger partial charge in [-0.25, -0.2) is 4.98 Å². The summed E-state index contributed by atoms with van der Waals surface area (Å²) >= 11 is 1.80. The standard InChI is InChI=1S/C16H29N3S/c1-6-16(5)11-19(14(9-17-16)12(2)3)8-7-15-18-13(4)10-20-15/h10,12,14,17H,6-9,11H2,1-5H3. The highest BCUT2D eigenvalue weighted by molar-refractivity contribution is 7.09. The molecule has 0 saturated carbocycles. The Kier molecular flexibility index (Phi) is 5.21. The van der Waals surface area contributed by atoms with Crippen molar-refractivity contribution in [2.24, 2.45) is 5.92 Å². The molecule has 0 radical (unpaired) electrons. The topological polar surface area (TPSA) is 28.2 Å². The van der Waals surface area contributed by atoms with Gasteiger partial charge in [0.15, 0.2) is 0 Å². The number of thiazole rings is 1. The van der Waals surface area contributed by atoms with Crippen molar-refractivity contribution in [1.29, 1.82) is 0 Å². The monoisotopic (exact) mass is 295 g/mol. The lowest BCUT2D eigenvalue weighted by Crippen LogP contribution is -2.64. The van der Waals surface area contributed by atoms with E-state index in [2.05, 4.69) is 55.2 Å². The van der Waals surface area contributed by atoms with Crippen LogP contribution in [-0.4, -0.2) is 41.1 Å². The molecule has 1 aromatic heterocycles. The molecule has 1 aliphatic rings. The van der Waals surface area contributed by atoms with Gasteiger partial charge in [-0.2, -0.15) is 0 Å². The van der Waals surface area contributed by atoms with Crippen LogP contribution in [0.1, 0.15) is 44.8 Å². The van der Waals surface area contributed by atoms with Crippen molar-refractivity contribution in [2.45, 2.75) is 59.0 Å². The van der Waals surface area contributed by atoms with Crippen molar-refractivity contribution < 1.29 is 0 Å². The van der Waals surface area contributed by atoms with Crippen molar-refractivity contribution in [3.63, 3.8) is 0 Å². The molecule has 2 rings (SSSR count). The summed E-state index contributed by atoms with van der Waals surface area (Å²) in [4.78, 5) is 7.28. The maximum atomic E-state index is 4.60. The lowest BCUT2D eigenvalue weighted by atomic mass is 9.90. The number of rotatable bonds is 5. The Morgan fingerprint density at radius 1 is 1.55 bits per heavy atom. The largest absolute Gasteiger partial charge is 0.309 e. The van der Waals surface area contributed by atoms with E-state index in [4.69, 9.17) is 0 Å². The molecule has 1 saturated heterocycles. The quantitative estimate of drug-likeness (QED) is 0.905. The molecule has 20 heavy (non-hydrogen) atoms. The van der Waals surface area contributed by atoms with E-state index >= 15 is 0 Å². The van der Waals surface area contributed by atoms with E-state index in [0.717, 1.165) is 31.7 Å². The molecule has 114 valence electrons. The molecular weight excluding hydrogens is 266 g/mol. The molecule has 1 aromatic rings. The second-order valence-electron chi connectivity index (χ2n) is 6.71. The van der Waals surface area contributed by atoms with Crippen LogP contribution in [-0.2, 0) is 6.42 Å². The maximum absolute atomic E-state index is 4.60. The van der Waals surface area contributed by atoms with Gasteiger partial charge in [0.25, 0.3) is 0 Å². The lowest BCUT2D eigenvalue weighted by molar-refractivity contribution is 0.0613. The molecule has 2 atom stereocenters. The molecule has 1 N–H and O–H groups in total. The van der Waals surface area contributed by atoms with Gasteiger partial charge in [0.2, 0.25) is 0 Å². The van der Waals surface area contributed by atoms with E-state index in [-0.39, 0.29) is 5.54 Å². The van der Waals surface area contributed by atoms with Crippen LogP contribution < -0.4 is 5.32 Å². The predicted octanol–water partition coefficient (Wildman–Crippen LogP) is 3.09. The average molecular weight is 295 g/mol. The molecule has 0 aliphatic carbocycles. The minimum atomic E-state index is 0.268. The molecule has 0 amide bonds. The van der Waals surface area contributed by atoms with E-state index in [1.807, 2.05) is 0 Å². The van der Waals surface area contributed by atoms with Crippen LogP contribution in [0.15, 0.2) is 5.38 Å². The van der Waals surface area contributed by atoms with Gasteiger partial charge >= 0.3 is 0 Å². The SMILES string of the molecule is CCC1(C)CN(CCc2nc(C)cs2)C(C(C)C)CN1. The molecule has 2 unspecified atom stereocenters. The van der Waals surface area contributed by atoms with E-state index < -0.39 is 0 Å². The first-order valence-corrected chi connectivity index (χ1v) is 8.71. The van der Waals surface area contributed by atoms with Crippen molar-refractivity contribution in [3.05, 3.63) is 16.1 Å². The predicted molar refractivity (Wildman–Crippen MR) is 87.5 cm³/mol. The van der Waals surface area contributed by atoms with Gasteiger partial charge in [-0.05, 0) is 26.2 Å². The lowest BCUT2D eigenvalue weighted by Gasteiger charge is -2.47. The van der Waals surface area contributed by atoms with Crippen LogP contribution in [0.25, 0.3) is 0 Å². The van der Waals surface area contributed by atoms with Crippen LogP contribution in [0.3, 0.4) is 0 Å². The van der Waals surface area contributed by atoms with Gasteiger partial charge < -0.3 is 5.32 Å². The fourth-order valence-electron chi connectivity index (χ4n) is 3.00. The fraction of sp³-hybridized carbons (Fsp3) is 0.812. The number of aryl methyl sites for hydroxylation is 1. The number of aromatic nitrogens is 1. The summed E-state index contributed by atoms with van der Waals surface area (Å²) in [5, 5.41) is 7.19. The van der Waals surface area contributed by atoms with Gasteiger partial charge in [-0.3, -0.25) is 4.90 Å². The van der Waals surface area contributed by atoms with Gasteiger partial charge in [-0.1, -0.05) is 20.8 Å². The number of hydrogen-bond donors (Lipinski definition) is 1. The van der Waals surface area contributed by atoms with E-state index in [9.17, 15) is 0 Å². The van der Waals surface area contributed by atoms with Crippen LogP contribution in [0.5, 0.6) is 0 Å². The number of nitrogens with zero attached hydrogens (tertiary/aromatic N) is 2. The summed E-state index contributed by atoms with van der Waals surface area (Å²) in [5.74, 6) is 0.696. The van der Waals surface area contributed by atoms with Crippen molar-refractivity contribution in [3.8, 4) is 0 Å². The van der Waals surface area contributed by atoms with E-state index in [1.165, 1.54) is 11.4 Å². The smallest absolute Gasteiger partial charge is 0.0940 e. The van der Waals surface area contributed by atoms with Gasteiger partial charge in [0, 0.05) is 48.7 Å². The minimum absolute atomic E-state index is 0.268. The summed E-state index contributed by atoms with van der Waals surface area (Å²) in [7, 11) is 0. The summed E-state index contributed by atoms with van der Waals surface area (Å²) < 4.78 is 0. The number of nitrogens with one attached hydrogen (secondary N) is 1. The Balaban J connectivity index is 2.00. The molecule has 0 aromatic carbocycles. The minimum Gasteiger partial charge on any atom is -0.309 e. The Hall–Kier alpha value is -0.450. The van der Waals surface area contributed by atoms with Gasteiger partial charge in [-0.15, -0.1) is 11.3 Å². The van der Waals surface area contributed by atoms with Crippen LogP contribution in [0, 0.1) is 12.8 Å². The first-order chi connectivity index (χ1) is 9.43. The third-order valence-corrected chi connectivity index (χ3v) is 5.61. The van der Waals surface area contributed by atoms with Crippen molar-refractivity contribution in [2.75, 3.05) is 19.6 Å². The summed E-state index contributed by atoms with van der Waals surface area (Å²) in [6.07, 6.45) is 2.27. The van der Waals surface area contributed by atoms with E-state index in [1.54, 1.807) is 11.3 Å². The Morgan fingerprint density at radius 3 is 2.85 bits per heavy atom. The molecule has 3 nitrogen and oxygen atoms in total. The van der Waals surface area contributed by atoms with E-state index in [0.29, 0.717) is 12.0 Å². The van der Waals surface area contributed by atoms with Crippen molar-refractivity contribution >= 4 is 11.3 Å². The van der Waals surface area contributed by atoms with Gasteiger partial charge in [0.1, 0.15) is 0 Å². The highest BCUT2D eigenvalue weighted by Crippen LogP contribution is 2.23. The first kappa shape index (κ1) is 15.9. The Labute approximate surface area is 127 Å². The maximum Gasteiger partial charge on any atom is 0.0940 e. The third kappa shape index (κ3) is 3.80. The second-order valence-corrected chi connectivity index (χ2v) is 7.65. The molecule has 4 heteroatoms. The normalized spacial score (nSPS) is 28.2. The number of hydrogen-bond acceptors (Lipinski definition) is 4. The van der Waals surface area contributed by atoms with Crippen molar-refractivity contribution in [1.82, 2.24) is 15.2 Å². The average Bonchev–Trinajstić information content (AvgIpc) is 2.82. The van der Waals surface area contributed by atoms with Crippen LogP contribution in [0.2, 0.25) is 0 Å².